The zero-order valence-corrected chi connectivity index (χ0v) is 16.3. The Morgan fingerprint density at radius 3 is 2.48 bits per heavy atom. The average molecular weight is 418 g/mol. The Bertz CT molecular complexity index is 1260. The van der Waals surface area contributed by atoms with E-state index in [4.69, 9.17) is 0 Å². The van der Waals surface area contributed by atoms with Crippen LogP contribution in [0, 0.1) is 5.82 Å². The molecular weight excluding hydrogens is 399 g/mol. The zero-order chi connectivity index (χ0) is 22.0. The summed E-state index contributed by atoms with van der Waals surface area (Å²) in [4.78, 5) is 20.8. The van der Waals surface area contributed by atoms with E-state index in [1.54, 1.807) is 36.4 Å². The lowest BCUT2D eigenvalue weighted by molar-refractivity contribution is 0.0956. The first-order chi connectivity index (χ1) is 15.0. The molecule has 1 heterocycles. The lowest BCUT2D eigenvalue weighted by atomic mass is 9.97. The van der Waals surface area contributed by atoms with Gasteiger partial charge in [-0.25, -0.2) is 9.37 Å². The number of halogens is 1. The van der Waals surface area contributed by atoms with Crippen LogP contribution in [0.4, 0.5) is 4.39 Å². The second kappa shape index (κ2) is 8.51. The third-order valence-electron chi connectivity index (χ3n) is 4.89. The molecule has 0 aliphatic carbocycles. The average Bonchev–Trinajstić information content (AvgIpc) is 3.22. The van der Waals surface area contributed by atoms with Crippen LogP contribution in [0.15, 0.2) is 72.8 Å². The summed E-state index contributed by atoms with van der Waals surface area (Å²) in [6.45, 7) is -0.493. The highest BCUT2D eigenvalue weighted by atomic mass is 19.1. The maximum Gasteiger partial charge on any atom is 0.200 e. The SMILES string of the molecule is O=C(C(=C(O)c1cccc([C@@H](O)CO)c1)c1nc2ccccc2[nH]1)c1cccc(F)c1. The van der Waals surface area contributed by atoms with Gasteiger partial charge in [-0.2, -0.15) is 0 Å². The number of nitrogens with zero attached hydrogens (tertiary/aromatic N) is 1. The van der Waals surface area contributed by atoms with E-state index in [9.17, 15) is 24.5 Å². The number of carbonyl (C=O) groups is 1. The third kappa shape index (κ3) is 4.09. The lowest BCUT2D eigenvalue weighted by Gasteiger charge is -2.12. The lowest BCUT2D eigenvalue weighted by Crippen LogP contribution is -2.08. The van der Waals surface area contributed by atoms with Crippen molar-refractivity contribution in [2.24, 2.45) is 0 Å². The summed E-state index contributed by atoms with van der Waals surface area (Å²) in [6, 6.07) is 18.5. The van der Waals surface area contributed by atoms with Crippen LogP contribution >= 0.6 is 0 Å². The van der Waals surface area contributed by atoms with E-state index >= 15 is 0 Å². The molecule has 0 fully saturated rings. The van der Waals surface area contributed by atoms with Crippen LogP contribution in [0.2, 0.25) is 0 Å². The van der Waals surface area contributed by atoms with E-state index in [0.29, 0.717) is 16.6 Å². The molecule has 6 nitrogen and oxygen atoms in total. The second-order valence-corrected chi connectivity index (χ2v) is 6.99. The van der Waals surface area contributed by atoms with Crippen LogP contribution in [0.5, 0.6) is 0 Å². The first kappa shape index (κ1) is 20.5. The molecule has 0 saturated carbocycles. The maximum atomic E-state index is 13.8. The molecule has 0 aliphatic rings. The number of aromatic nitrogens is 2. The highest BCUT2D eigenvalue weighted by molar-refractivity contribution is 6.33. The van der Waals surface area contributed by atoms with E-state index in [2.05, 4.69) is 9.97 Å². The summed E-state index contributed by atoms with van der Waals surface area (Å²) < 4.78 is 13.8. The standard InChI is InChI=1S/C24H19FN2O4/c25-17-8-4-7-16(12-17)23(31)21(24-26-18-9-1-2-10-19(18)27-24)22(30)15-6-3-5-14(11-15)20(29)13-28/h1-12,20,28-30H,13H2,(H,26,27)/t20-/m0/s1. The van der Waals surface area contributed by atoms with E-state index < -0.39 is 24.3 Å². The Labute approximate surface area is 177 Å². The Hall–Kier alpha value is -3.81. The number of benzene rings is 3. The topological polar surface area (TPSA) is 106 Å². The van der Waals surface area contributed by atoms with Gasteiger partial charge in [0.25, 0.3) is 0 Å². The molecule has 0 saturated heterocycles. The first-order valence-corrected chi connectivity index (χ1v) is 9.56. The predicted molar refractivity (Wildman–Crippen MR) is 115 cm³/mol. The zero-order valence-electron chi connectivity index (χ0n) is 16.3. The van der Waals surface area contributed by atoms with Gasteiger partial charge >= 0.3 is 0 Å². The maximum absolute atomic E-state index is 13.8. The number of aliphatic hydroxyl groups is 3. The fraction of sp³-hybridized carbons (Fsp3) is 0.0833. The molecule has 4 N–H and O–H groups in total. The summed E-state index contributed by atoms with van der Waals surface area (Å²) in [5.41, 5.74) is 1.78. The summed E-state index contributed by atoms with van der Waals surface area (Å²) in [7, 11) is 0. The van der Waals surface area contributed by atoms with Gasteiger partial charge in [0.05, 0.1) is 17.6 Å². The molecule has 0 bridgehead atoms. The summed E-state index contributed by atoms with van der Waals surface area (Å²) in [5.74, 6) is -1.46. The number of nitrogens with one attached hydrogen (secondary N) is 1. The number of fused-ring (bicyclic) bond motifs is 1. The Balaban J connectivity index is 1.92. The molecule has 4 rings (SSSR count). The largest absolute Gasteiger partial charge is 0.506 e. The minimum absolute atomic E-state index is 0.0496. The van der Waals surface area contributed by atoms with E-state index in [-0.39, 0.29) is 28.3 Å². The molecule has 1 atom stereocenters. The van der Waals surface area contributed by atoms with Crippen LogP contribution in [-0.2, 0) is 0 Å². The quantitative estimate of drug-likeness (QED) is 0.215. The van der Waals surface area contributed by atoms with Crippen molar-refractivity contribution in [1.29, 1.82) is 0 Å². The Morgan fingerprint density at radius 2 is 1.74 bits per heavy atom. The van der Waals surface area contributed by atoms with Gasteiger partial charge in [0.2, 0.25) is 5.78 Å². The predicted octanol–water partition coefficient (Wildman–Crippen LogP) is 4.04. The smallest absolute Gasteiger partial charge is 0.200 e. The number of aromatic amines is 1. The first-order valence-electron chi connectivity index (χ1n) is 9.56. The summed E-state index contributed by atoms with van der Waals surface area (Å²) in [5, 5.41) is 30.2. The number of ketones is 1. The van der Waals surface area contributed by atoms with Crippen molar-refractivity contribution in [2.75, 3.05) is 6.61 Å². The van der Waals surface area contributed by atoms with Gasteiger partial charge in [0.1, 0.15) is 29.1 Å². The number of hydrogen-bond acceptors (Lipinski definition) is 5. The van der Waals surface area contributed by atoms with Gasteiger partial charge in [0.15, 0.2) is 0 Å². The molecule has 7 heteroatoms. The number of hydrogen-bond donors (Lipinski definition) is 4. The number of Topliss-reactive ketones (excluding diaryl/α,β-unsaturated/α-hetero) is 1. The van der Waals surface area contributed by atoms with Crippen LogP contribution in [0.3, 0.4) is 0 Å². The Kier molecular flexibility index (Phi) is 5.62. The van der Waals surface area contributed by atoms with Crippen LogP contribution in [0.25, 0.3) is 22.4 Å². The third-order valence-corrected chi connectivity index (χ3v) is 4.89. The van der Waals surface area contributed by atoms with Gasteiger partial charge in [-0.05, 0) is 35.9 Å². The fourth-order valence-electron chi connectivity index (χ4n) is 3.32. The molecular formula is C24H19FN2O4. The minimum atomic E-state index is -1.14. The van der Waals surface area contributed by atoms with Gasteiger partial charge in [-0.15, -0.1) is 0 Å². The molecule has 0 spiro atoms. The molecule has 0 unspecified atom stereocenters. The molecule has 1 aromatic heterocycles. The molecule has 0 aliphatic heterocycles. The number of allylic oxidation sites excluding steroid dienone is 1. The molecule has 156 valence electrons. The number of para-hydroxylation sites is 2. The molecule has 4 aromatic rings. The van der Waals surface area contributed by atoms with Crippen LogP contribution in [0.1, 0.15) is 33.4 Å². The van der Waals surface area contributed by atoms with Crippen molar-refractivity contribution in [2.45, 2.75) is 6.10 Å². The number of H-pyrrole nitrogens is 1. The van der Waals surface area contributed by atoms with Crippen molar-refractivity contribution >= 4 is 28.1 Å². The van der Waals surface area contributed by atoms with Crippen molar-refractivity contribution in [3.8, 4) is 0 Å². The number of carbonyl (C=O) groups excluding carboxylic acids is 1. The normalized spacial score (nSPS) is 13.1. The number of rotatable bonds is 6. The highest BCUT2D eigenvalue weighted by Gasteiger charge is 2.24. The van der Waals surface area contributed by atoms with Crippen molar-refractivity contribution in [1.82, 2.24) is 9.97 Å². The molecule has 0 radical (unpaired) electrons. The molecule has 31 heavy (non-hydrogen) atoms. The van der Waals surface area contributed by atoms with Crippen LogP contribution < -0.4 is 0 Å². The molecule has 3 aromatic carbocycles. The number of imidazole rings is 1. The monoisotopic (exact) mass is 418 g/mol. The fourth-order valence-corrected chi connectivity index (χ4v) is 3.32. The van der Waals surface area contributed by atoms with Gasteiger partial charge in [-0.1, -0.05) is 42.5 Å². The minimum Gasteiger partial charge on any atom is -0.506 e. The van der Waals surface area contributed by atoms with Gasteiger partial charge < -0.3 is 20.3 Å². The van der Waals surface area contributed by atoms with E-state index in [1.807, 2.05) is 6.07 Å². The molecule has 0 amide bonds. The summed E-state index contributed by atoms with van der Waals surface area (Å²) in [6.07, 6.45) is -1.14. The van der Waals surface area contributed by atoms with Crippen molar-refractivity contribution in [3.63, 3.8) is 0 Å². The second-order valence-electron chi connectivity index (χ2n) is 6.99. The van der Waals surface area contributed by atoms with E-state index in [1.165, 1.54) is 24.3 Å². The van der Waals surface area contributed by atoms with Crippen LogP contribution in [-0.4, -0.2) is 37.7 Å². The highest BCUT2D eigenvalue weighted by Crippen LogP contribution is 2.29. The van der Waals surface area contributed by atoms with Crippen molar-refractivity contribution < 1.29 is 24.5 Å². The van der Waals surface area contributed by atoms with E-state index in [0.717, 1.165) is 6.07 Å². The van der Waals surface area contributed by atoms with Gasteiger partial charge in [-0.3, -0.25) is 4.79 Å². The Morgan fingerprint density at radius 1 is 1.00 bits per heavy atom. The number of aliphatic hydroxyl groups excluding tert-OH is 3. The van der Waals surface area contributed by atoms with Crippen molar-refractivity contribution in [3.05, 3.63) is 101 Å². The van der Waals surface area contributed by atoms with Gasteiger partial charge in [0, 0.05) is 11.1 Å². The summed E-state index contributed by atoms with van der Waals surface area (Å²) >= 11 is 0.